The van der Waals surface area contributed by atoms with Crippen LogP contribution in [-0.2, 0) is 11.2 Å². The van der Waals surface area contributed by atoms with E-state index in [1.165, 1.54) is 0 Å². The summed E-state index contributed by atoms with van der Waals surface area (Å²) in [5.74, 6) is -1.13. The van der Waals surface area contributed by atoms with E-state index in [0.717, 1.165) is 12.1 Å². The lowest BCUT2D eigenvalue weighted by Crippen LogP contribution is -2.05. The molecular weight excluding hydrogens is 214 g/mol. The van der Waals surface area contributed by atoms with Gasteiger partial charge in [0.2, 0.25) is 0 Å². The van der Waals surface area contributed by atoms with Gasteiger partial charge in [-0.25, -0.2) is 0 Å². The third-order valence-corrected chi connectivity index (χ3v) is 1.91. The van der Waals surface area contributed by atoms with Gasteiger partial charge in [-0.15, -0.1) is 0 Å². The van der Waals surface area contributed by atoms with E-state index in [0.29, 0.717) is 0 Å². The molecule has 0 aliphatic heterocycles. The standard InChI is InChI=1S/C9H7N3O4/c10-4-6-2-8(12(15)16)7(11)1-5(6)3-9(13)14/h1-2H,3,11H2,(H,13,14). The third-order valence-electron chi connectivity index (χ3n) is 1.91. The molecule has 0 unspecified atom stereocenters. The van der Waals surface area contributed by atoms with Crippen molar-refractivity contribution in [2.75, 3.05) is 5.73 Å². The van der Waals surface area contributed by atoms with Gasteiger partial charge in [0.25, 0.3) is 5.69 Å². The predicted molar refractivity (Wildman–Crippen MR) is 53.6 cm³/mol. The summed E-state index contributed by atoms with van der Waals surface area (Å²) in [5, 5.41) is 27.8. The molecule has 1 rings (SSSR count). The topological polar surface area (TPSA) is 130 Å². The molecule has 82 valence electrons. The number of nitriles is 1. The predicted octanol–water partition coefficient (Wildman–Crippen LogP) is 0.676. The molecule has 0 spiro atoms. The highest BCUT2D eigenvalue weighted by Gasteiger charge is 2.17. The van der Waals surface area contributed by atoms with Gasteiger partial charge >= 0.3 is 5.97 Å². The number of carbonyl (C=O) groups is 1. The lowest BCUT2D eigenvalue weighted by atomic mass is 10.0. The number of hydrogen-bond donors (Lipinski definition) is 2. The second-order valence-corrected chi connectivity index (χ2v) is 3.01. The van der Waals surface area contributed by atoms with Crippen LogP contribution in [0.3, 0.4) is 0 Å². The Labute approximate surface area is 89.9 Å². The van der Waals surface area contributed by atoms with Crippen LogP contribution in [0.25, 0.3) is 0 Å². The van der Waals surface area contributed by atoms with E-state index in [9.17, 15) is 14.9 Å². The molecule has 16 heavy (non-hydrogen) atoms. The molecule has 3 N–H and O–H groups in total. The number of benzene rings is 1. The summed E-state index contributed by atoms with van der Waals surface area (Å²) >= 11 is 0. The van der Waals surface area contributed by atoms with E-state index < -0.39 is 23.0 Å². The second-order valence-electron chi connectivity index (χ2n) is 3.01. The molecule has 0 saturated carbocycles. The van der Waals surface area contributed by atoms with Crippen LogP contribution in [0.15, 0.2) is 12.1 Å². The van der Waals surface area contributed by atoms with Crippen molar-refractivity contribution in [3.8, 4) is 6.07 Å². The minimum Gasteiger partial charge on any atom is -0.481 e. The third kappa shape index (κ3) is 2.24. The summed E-state index contributed by atoms with van der Waals surface area (Å²) < 4.78 is 0. The number of nitrogens with zero attached hydrogens (tertiary/aromatic N) is 2. The normalized spacial score (nSPS) is 9.44. The zero-order valence-electron chi connectivity index (χ0n) is 8.01. The average Bonchev–Trinajstić information content (AvgIpc) is 2.16. The van der Waals surface area contributed by atoms with Crippen LogP contribution >= 0.6 is 0 Å². The van der Waals surface area contributed by atoms with E-state index in [4.69, 9.17) is 16.1 Å². The highest BCUT2D eigenvalue weighted by Crippen LogP contribution is 2.25. The number of aliphatic carboxylic acids is 1. The molecule has 0 saturated heterocycles. The highest BCUT2D eigenvalue weighted by atomic mass is 16.6. The van der Waals surface area contributed by atoms with Gasteiger partial charge in [-0.05, 0) is 11.6 Å². The number of nitrogen functional groups attached to an aromatic ring is 1. The molecular formula is C9H7N3O4. The smallest absolute Gasteiger partial charge is 0.307 e. The Morgan fingerprint density at radius 3 is 2.69 bits per heavy atom. The first-order valence-electron chi connectivity index (χ1n) is 4.14. The number of anilines is 1. The maximum absolute atomic E-state index is 10.5. The fraction of sp³-hybridized carbons (Fsp3) is 0.111. The molecule has 0 amide bonds. The molecule has 0 radical (unpaired) electrons. The van der Waals surface area contributed by atoms with Gasteiger partial charge in [0.15, 0.2) is 0 Å². The number of nitrogens with two attached hydrogens (primary N) is 1. The molecule has 7 heteroatoms. The van der Waals surface area contributed by atoms with Crippen LogP contribution in [-0.4, -0.2) is 16.0 Å². The molecule has 0 aliphatic carbocycles. The van der Waals surface area contributed by atoms with Crippen LogP contribution in [0, 0.1) is 21.4 Å². The number of nitro groups is 1. The van der Waals surface area contributed by atoms with Crippen LogP contribution in [0.1, 0.15) is 11.1 Å². The van der Waals surface area contributed by atoms with Gasteiger partial charge in [-0.1, -0.05) is 0 Å². The Kier molecular flexibility index (Phi) is 3.06. The van der Waals surface area contributed by atoms with Crippen molar-refractivity contribution >= 4 is 17.3 Å². The first kappa shape index (κ1) is 11.5. The molecule has 1 aromatic rings. The number of rotatable bonds is 3. The molecule has 0 bridgehead atoms. The lowest BCUT2D eigenvalue weighted by molar-refractivity contribution is -0.383. The van der Waals surface area contributed by atoms with Crippen molar-refractivity contribution in [2.45, 2.75) is 6.42 Å². The quantitative estimate of drug-likeness (QED) is 0.438. The first-order valence-corrected chi connectivity index (χ1v) is 4.14. The molecule has 0 fully saturated rings. The van der Waals surface area contributed by atoms with Crippen molar-refractivity contribution < 1.29 is 14.8 Å². The van der Waals surface area contributed by atoms with Gasteiger partial charge in [0.1, 0.15) is 5.69 Å². The van der Waals surface area contributed by atoms with Crippen molar-refractivity contribution in [3.05, 3.63) is 33.4 Å². The van der Waals surface area contributed by atoms with Gasteiger partial charge in [-0.2, -0.15) is 5.26 Å². The summed E-state index contributed by atoms with van der Waals surface area (Å²) in [5.41, 5.74) is 4.94. The Morgan fingerprint density at radius 2 is 2.25 bits per heavy atom. The summed E-state index contributed by atoms with van der Waals surface area (Å²) in [4.78, 5) is 20.3. The zero-order chi connectivity index (χ0) is 12.3. The van der Waals surface area contributed by atoms with Crippen molar-refractivity contribution in [1.82, 2.24) is 0 Å². The van der Waals surface area contributed by atoms with Crippen LogP contribution in [0.5, 0.6) is 0 Å². The van der Waals surface area contributed by atoms with Crippen molar-refractivity contribution in [2.24, 2.45) is 0 Å². The molecule has 0 atom stereocenters. The van der Waals surface area contributed by atoms with Crippen LogP contribution in [0.4, 0.5) is 11.4 Å². The number of carboxylic acid groups (broad SMARTS) is 1. The second kappa shape index (κ2) is 4.27. The number of carboxylic acids is 1. The summed E-state index contributed by atoms with van der Waals surface area (Å²) in [6, 6.07) is 3.82. The van der Waals surface area contributed by atoms with Gasteiger partial charge in [-0.3, -0.25) is 14.9 Å². The monoisotopic (exact) mass is 221 g/mol. The molecule has 0 heterocycles. The fourth-order valence-corrected chi connectivity index (χ4v) is 1.22. The molecule has 0 aromatic heterocycles. The minimum atomic E-state index is -1.13. The molecule has 7 nitrogen and oxygen atoms in total. The van der Waals surface area contributed by atoms with E-state index in [2.05, 4.69) is 0 Å². The fourth-order valence-electron chi connectivity index (χ4n) is 1.22. The molecule has 0 aliphatic rings. The van der Waals surface area contributed by atoms with E-state index >= 15 is 0 Å². The van der Waals surface area contributed by atoms with E-state index in [1.807, 2.05) is 0 Å². The lowest BCUT2D eigenvalue weighted by Gasteiger charge is -2.03. The maximum Gasteiger partial charge on any atom is 0.307 e. The SMILES string of the molecule is N#Cc1cc([N+](=O)[O-])c(N)cc1CC(=O)O. The Morgan fingerprint density at radius 1 is 1.62 bits per heavy atom. The Balaban J connectivity index is 3.33. The van der Waals surface area contributed by atoms with E-state index in [1.54, 1.807) is 6.07 Å². The Bertz CT molecular complexity index is 504. The van der Waals surface area contributed by atoms with Gasteiger partial charge in [0.05, 0.1) is 23.0 Å². The number of hydrogen-bond acceptors (Lipinski definition) is 5. The first-order chi connectivity index (χ1) is 7.45. The van der Waals surface area contributed by atoms with Crippen molar-refractivity contribution in [3.63, 3.8) is 0 Å². The minimum absolute atomic E-state index is 0.0525. The van der Waals surface area contributed by atoms with Crippen LogP contribution < -0.4 is 5.73 Å². The average molecular weight is 221 g/mol. The highest BCUT2D eigenvalue weighted by molar-refractivity contribution is 5.74. The summed E-state index contributed by atoms with van der Waals surface area (Å²) in [7, 11) is 0. The Hall–Kier alpha value is -2.62. The van der Waals surface area contributed by atoms with Crippen molar-refractivity contribution in [1.29, 1.82) is 5.26 Å². The maximum atomic E-state index is 10.5. The molecule has 1 aromatic carbocycles. The number of nitro benzene ring substituents is 1. The van der Waals surface area contributed by atoms with Gasteiger partial charge in [0, 0.05) is 6.07 Å². The van der Waals surface area contributed by atoms with Crippen LogP contribution in [0.2, 0.25) is 0 Å². The van der Waals surface area contributed by atoms with E-state index in [-0.39, 0.29) is 16.8 Å². The summed E-state index contributed by atoms with van der Waals surface area (Å²) in [6.07, 6.45) is -0.398. The van der Waals surface area contributed by atoms with Gasteiger partial charge < -0.3 is 10.8 Å². The largest absolute Gasteiger partial charge is 0.481 e. The zero-order valence-corrected chi connectivity index (χ0v) is 8.01. The summed E-state index contributed by atoms with van der Waals surface area (Å²) in [6.45, 7) is 0.